The summed E-state index contributed by atoms with van der Waals surface area (Å²) in [7, 11) is 0. The smallest absolute Gasteiger partial charge is 0.336 e. The number of anilines is 1. The standard InChI is InChI=1S/C14H12F2N2O2/c15-11-6-18(7-12(11)16)8-1-2-13-10(5-8)9(14(19)20)3-4-17-13/h1-5,11-12H,6-7H2,(H,19,20)/t11-,12-/m0/s1. The summed E-state index contributed by atoms with van der Waals surface area (Å²) >= 11 is 0. The third-order valence-electron chi connectivity index (χ3n) is 3.50. The van der Waals surface area contributed by atoms with E-state index in [0.29, 0.717) is 16.6 Å². The first-order valence-electron chi connectivity index (χ1n) is 6.21. The Labute approximate surface area is 113 Å². The van der Waals surface area contributed by atoms with Gasteiger partial charge in [-0.15, -0.1) is 0 Å². The first kappa shape index (κ1) is 12.8. The molecule has 0 spiro atoms. The lowest BCUT2D eigenvalue weighted by molar-refractivity contribution is 0.0699. The van der Waals surface area contributed by atoms with Gasteiger partial charge in [-0.25, -0.2) is 13.6 Å². The van der Waals surface area contributed by atoms with Gasteiger partial charge >= 0.3 is 5.97 Å². The van der Waals surface area contributed by atoms with Gasteiger partial charge in [0.05, 0.1) is 24.2 Å². The van der Waals surface area contributed by atoms with Crippen LogP contribution in [0.3, 0.4) is 0 Å². The van der Waals surface area contributed by atoms with Crippen molar-refractivity contribution in [3.05, 3.63) is 36.0 Å². The zero-order valence-corrected chi connectivity index (χ0v) is 10.5. The Morgan fingerprint density at radius 2 is 1.95 bits per heavy atom. The van der Waals surface area contributed by atoms with Crippen molar-refractivity contribution in [2.45, 2.75) is 12.3 Å². The van der Waals surface area contributed by atoms with Crippen LogP contribution >= 0.6 is 0 Å². The summed E-state index contributed by atoms with van der Waals surface area (Å²) in [6.45, 7) is -0.0370. The fraction of sp³-hybridized carbons (Fsp3) is 0.286. The molecule has 6 heteroatoms. The maximum Gasteiger partial charge on any atom is 0.336 e. The molecule has 0 amide bonds. The second-order valence-corrected chi connectivity index (χ2v) is 4.80. The minimum absolute atomic E-state index is 0.0185. The monoisotopic (exact) mass is 278 g/mol. The molecule has 0 radical (unpaired) electrons. The van der Waals surface area contributed by atoms with E-state index in [4.69, 9.17) is 5.11 Å². The Hall–Kier alpha value is -2.24. The molecule has 2 atom stereocenters. The number of hydrogen-bond donors (Lipinski definition) is 1. The summed E-state index contributed by atoms with van der Waals surface area (Å²) in [5, 5.41) is 9.63. The topological polar surface area (TPSA) is 53.4 Å². The molecule has 1 aromatic heterocycles. The Kier molecular flexibility index (Phi) is 3.00. The Morgan fingerprint density at radius 3 is 2.60 bits per heavy atom. The predicted molar refractivity (Wildman–Crippen MR) is 70.7 cm³/mol. The Morgan fingerprint density at radius 1 is 1.25 bits per heavy atom. The van der Waals surface area contributed by atoms with Crippen LogP contribution in [0.2, 0.25) is 0 Å². The van der Waals surface area contributed by atoms with Crippen molar-refractivity contribution >= 4 is 22.6 Å². The minimum atomic E-state index is -1.50. The van der Waals surface area contributed by atoms with Crippen LogP contribution in [0.15, 0.2) is 30.5 Å². The summed E-state index contributed by atoms with van der Waals surface area (Å²) < 4.78 is 26.5. The van der Waals surface area contributed by atoms with E-state index in [2.05, 4.69) is 4.98 Å². The summed E-state index contributed by atoms with van der Waals surface area (Å²) in [6.07, 6.45) is -1.58. The van der Waals surface area contributed by atoms with E-state index in [1.807, 2.05) is 0 Å². The molecule has 1 aliphatic heterocycles. The number of carboxylic acids is 1. The molecule has 1 fully saturated rings. The van der Waals surface area contributed by atoms with Crippen LogP contribution in [0.25, 0.3) is 10.9 Å². The zero-order valence-electron chi connectivity index (χ0n) is 10.5. The maximum atomic E-state index is 13.3. The average molecular weight is 278 g/mol. The number of aromatic nitrogens is 1. The molecule has 20 heavy (non-hydrogen) atoms. The second-order valence-electron chi connectivity index (χ2n) is 4.80. The number of rotatable bonds is 2. The SMILES string of the molecule is O=C(O)c1ccnc2ccc(N3C[C@H](F)[C@@H](F)C3)cc12. The van der Waals surface area contributed by atoms with E-state index < -0.39 is 18.3 Å². The molecule has 2 aromatic rings. The van der Waals surface area contributed by atoms with E-state index in [1.165, 1.54) is 12.3 Å². The molecule has 0 bridgehead atoms. The molecule has 3 rings (SSSR count). The van der Waals surface area contributed by atoms with Crippen molar-refractivity contribution in [1.82, 2.24) is 4.98 Å². The van der Waals surface area contributed by atoms with Crippen LogP contribution in [0.5, 0.6) is 0 Å². The highest BCUT2D eigenvalue weighted by atomic mass is 19.2. The van der Waals surface area contributed by atoms with Crippen molar-refractivity contribution in [2.24, 2.45) is 0 Å². The largest absolute Gasteiger partial charge is 0.478 e. The molecule has 1 aromatic carbocycles. The quantitative estimate of drug-likeness (QED) is 0.916. The number of halogens is 2. The molecule has 4 nitrogen and oxygen atoms in total. The van der Waals surface area contributed by atoms with Crippen LogP contribution in [-0.2, 0) is 0 Å². The zero-order chi connectivity index (χ0) is 14.3. The van der Waals surface area contributed by atoms with Gasteiger partial charge in [0, 0.05) is 17.3 Å². The number of hydrogen-bond acceptors (Lipinski definition) is 3. The molecule has 1 N–H and O–H groups in total. The highest BCUT2D eigenvalue weighted by molar-refractivity contribution is 6.03. The maximum absolute atomic E-state index is 13.3. The van der Waals surface area contributed by atoms with Crippen LogP contribution in [0.1, 0.15) is 10.4 Å². The Balaban J connectivity index is 2.06. The van der Waals surface area contributed by atoms with E-state index in [1.54, 1.807) is 23.1 Å². The van der Waals surface area contributed by atoms with Gasteiger partial charge in [0.15, 0.2) is 12.3 Å². The van der Waals surface area contributed by atoms with Gasteiger partial charge in [0.2, 0.25) is 0 Å². The predicted octanol–water partition coefficient (Wildman–Crippen LogP) is 2.43. The van der Waals surface area contributed by atoms with Crippen molar-refractivity contribution in [2.75, 3.05) is 18.0 Å². The summed E-state index contributed by atoms with van der Waals surface area (Å²) in [5.74, 6) is -1.05. The van der Waals surface area contributed by atoms with Crippen LogP contribution in [0.4, 0.5) is 14.5 Å². The number of alkyl halides is 2. The first-order valence-corrected chi connectivity index (χ1v) is 6.21. The number of aromatic carboxylic acids is 1. The average Bonchev–Trinajstić information content (AvgIpc) is 2.77. The lowest BCUT2D eigenvalue weighted by Crippen LogP contribution is -2.20. The van der Waals surface area contributed by atoms with Gasteiger partial charge in [0.25, 0.3) is 0 Å². The molecular formula is C14H12F2N2O2. The number of carbonyl (C=O) groups is 1. The minimum Gasteiger partial charge on any atom is -0.478 e. The highest BCUT2D eigenvalue weighted by Crippen LogP contribution is 2.28. The van der Waals surface area contributed by atoms with E-state index in [-0.39, 0.29) is 18.7 Å². The highest BCUT2D eigenvalue weighted by Gasteiger charge is 2.33. The third-order valence-corrected chi connectivity index (χ3v) is 3.50. The van der Waals surface area contributed by atoms with Gasteiger partial charge in [-0.2, -0.15) is 0 Å². The molecule has 0 aliphatic carbocycles. The molecule has 1 aliphatic rings. The van der Waals surface area contributed by atoms with E-state index >= 15 is 0 Å². The lowest BCUT2D eigenvalue weighted by Gasteiger charge is -2.18. The molecule has 2 heterocycles. The number of benzene rings is 1. The Bertz CT molecular complexity index is 667. The van der Waals surface area contributed by atoms with Gasteiger partial charge in [-0.3, -0.25) is 4.98 Å². The molecule has 104 valence electrons. The van der Waals surface area contributed by atoms with Crippen molar-refractivity contribution in [3.63, 3.8) is 0 Å². The van der Waals surface area contributed by atoms with E-state index in [0.717, 1.165) is 0 Å². The fourth-order valence-electron chi connectivity index (χ4n) is 2.45. The van der Waals surface area contributed by atoms with Crippen molar-refractivity contribution in [3.8, 4) is 0 Å². The summed E-state index contributed by atoms with van der Waals surface area (Å²) in [4.78, 5) is 16.9. The molecule has 1 saturated heterocycles. The molecule has 0 unspecified atom stereocenters. The number of carboxylic acid groups (broad SMARTS) is 1. The van der Waals surface area contributed by atoms with Gasteiger partial charge in [-0.05, 0) is 24.3 Å². The van der Waals surface area contributed by atoms with Crippen LogP contribution in [-0.4, -0.2) is 41.5 Å². The van der Waals surface area contributed by atoms with Crippen molar-refractivity contribution in [1.29, 1.82) is 0 Å². The second kappa shape index (κ2) is 4.70. The molecule has 0 saturated carbocycles. The molecular weight excluding hydrogens is 266 g/mol. The van der Waals surface area contributed by atoms with Gasteiger partial charge < -0.3 is 10.0 Å². The first-order chi connectivity index (χ1) is 9.56. The summed E-state index contributed by atoms with van der Waals surface area (Å²) in [5.41, 5.74) is 1.28. The van der Waals surface area contributed by atoms with Gasteiger partial charge in [-0.1, -0.05) is 0 Å². The number of fused-ring (bicyclic) bond motifs is 1. The van der Waals surface area contributed by atoms with Crippen molar-refractivity contribution < 1.29 is 18.7 Å². The van der Waals surface area contributed by atoms with E-state index in [9.17, 15) is 13.6 Å². The lowest BCUT2D eigenvalue weighted by atomic mass is 10.1. The summed E-state index contributed by atoms with van der Waals surface area (Å²) in [6, 6.07) is 6.40. The number of nitrogens with zero attached hydrogens (tertiary/aromatic N) is 2. The van der Waals surface area contributed by atoms with Gasteiger partial charge in [0.1, 0.15) is 0 Å². The number of pyridine rings is 1. The normalized spacial score (nSPS) is 22.4. The third kappa shape index (κ3) is 2.07. The van der Waals surface area contributed by atoms with Crippen LogP contribution < -0.4 is 4.90 Å². The van der Waals surface area contributed by atoms with Crippen LogP contribution in [0, 0.1) is 0 Å². The fourth-order valence-corrected chi connectivity index (χ4v) is 2.45.